The number of benzene rings is 2. The van der Waals surface area contributed by atoms with Crippen LogP contribution in [0, 0.1) is 6.92 Å². The second kappa shape index (κ2) is 7.81. The third-order valence-corrected chi connectivity index (χ3v) is 5.56. The Balaban J connectivity index is 1.67. The highest BCUT2D eigenvalue weighted by atomic mass is 16.5. The van der Waals surface area contributed by atoms with Crippen LogP contribution in [0.2, 0.25) is 0 Å². The predicted molar refractivity (Wildman–Crippen MR) is 123 cm³/mol. The topological polar surface area (TPSA) is 76.7 Å². The summed E-state index contributed by atoms with van der Waals surface area (Å²) in [6, 6.07) is 22.8. The average molecular weight is 423 g/mol. The summed E-state index contributed by atoms with van der Waals surface area (Å²) in [6.07, 6.45) is 1.60. The molecule has 0 bridgehead atoms. The van der Waals surface area contributed by atoms with Crippen molar-refractivity contribution in [2.75, 3.05) is 0 Å². The van der Waals surface area contributed by atoms with Crippen LogP contribution in [0.3, 0.4) is 0 Å². The molecular weight excluding hydrogens is 402 g/mol. The second-order valence-electron chi connectivity index (χ2n) is 7.73. The van der Waals surface area contributed by atoms with Gasteiger partial charge in [0, 0.05) is 6.20 Å². The predicted octanol–water partition coefficient (Wildman–Crippen LogP) is 5.70. The van der Waals surface area contributed by atoms with Gasteiger partial charge in [0.15, 0.2) is 0 Å². The van der Waals surface area contributed by atoms with Crippen LogP contribution in [-0.4, -0.2) is 25.7 Å². The Morgan fingerprint density at radius 3 is 2.53 bits per heavy atom. The molecule has 0 spiro atoms. The molecule has 0 saturated heterocycles. The summed E-state index contributed by atoms with van der Waals surface area (Å²) in [5.41, 5.74) is 4.64. The van der Waals surface area contributed by atoms with E-state index in [4.69, 9.17) is 9.72 Å². The molecule has 2 aromatic carbocycles. The summed E-state index contributed by atoms with van der Waals surface area (Å²) in [5.74, 6) is -0.543. The molecule has 0 aliphatic heterocycles. The lowest BCUT2D eigenvalue weighted by Gasteiger charge is -2.18. The zero-order valence-corrected chi connectivity index (χ0v) is 17.7. The first-order valence-corrected chi connectivity index (χ1v) is 10.4. The van der Waals surface area contributed by atoms with E-state index in [0.717, 1.165) is 16.6 Å². The van der Waals surface area contributed by atoms with Crippen molar-refractivity contribution >= 4 is 22.4 Å². The lowest BCUT2D eigenvalue weighted by molar-refractivity contribution is 0.0698. The van der Waals surface area contributed by atoms with Crippen molar-refractivity contribution in [2.24, 2.45) is 0 Å². The highest BCUT2D eigenvalue weighted by Gasteiger charge is 2.21. The number of nitrogens with zero attached hydrogens (tertiary/aromatic N) is 3. The van der Waals surface area contributed by atoms with Gasteiger partial charge in [-0.15, -0.1) is 0 Å². The number of aromatic nitrogens is 3. The van der Waals surface area contributed by atoms with E-state index in [0.29, 0.717) is 28.0 Å². The molecule has 32 heavy (non-hydrogen) atoms. The van der Waals surface area contributed by atoms with Gasteiger partial charge in [0.25, 0.3) is 0 Å². The Bertz CT molecular complexity index is 1420. The van der Waals surface area contributed by atoms with Gasteiger partial charge in [-0.2, -0.15) is 5.10 Å². The summed E-state index contributed by atoms with van der Waals surface area (Å²) >= 11 is 0. The number of rotatable bonds is 5. The van der Waals surface area contributed by atoms with E-state index < -0.39 is 5.97 Å². The fourth-order valence-corrected chi connectivity index (χ4v) is 3.89. The summed E-state index contributed by atoms with van der Waals surface area (Å²) < 4.78 is 7.98. The van der Waals surface area contributed by atoms with Gasteiger partial charge in [0.05, 0.1) is 27.7 Å². The Hall–Kier alpha value is -4.19. The first-order chi connectivity index (χ1) is 15.5. The van der Waals surface area contributed by atoms with Gasteiger partial charge < -0.3 is 9.84 Å². The molecule has 1 N–H and O–H groups in total. The number of pyridine rings is 2. The van der Waals surface area contributed by atoms with Gasteiger partial charge in [-0.1, -0.05) is 42.5 Å². The van der Waals surface area contributed by atoms with E-state index in [2.05, 4.69) is 5.10 Å². The van der Waals surface area contributed by atoms with E-state index in [1.54, 1.807) is 10.6 Å². The molecule has 0 amide bonds. The zero-order chi connectivity index (χ0) is 22.2. The number of aromatic carboxylic acids is 1. The van der Waals surface area contributed by atoms with Crippen LogP contribution in [0.25, 0.3) is 27.8 Å². The van der Waals surface area contributed by atoms with Gasteiger partial charge in [-0.05, 0) is 55.3 Å². The highest BCUT2D eigenvalue weighted by molar-refractivity contribution is 6.07. The van der Waals surface area contributed by atoms with Crippen molar-refractivity contribution in [1.82, 2.24) is 14.6 Å². The van der Waals surface area contributed by atoms with Crippen molar-refractivity contribution in [3.05, 3.63) is 95.7 Å². The standard InChI is InChI=1S/C26H21N3O3/c1-16-11-12-23(32-17(2)18-8-4-3-5-9-18)24-20(26(30)31)15-21(27-25(16)24)22-14-19-10-6-7-13-29(19)28-22/h3-15,17H,1-2H3,(H,30,31)/t17-/m0/s1. The fourth-order valence-electron chi connectivity index (χ4n) is 3.89. The molecule has 6 heteroatoms. The van der Waals surface area contributed by atoms with Crippen LogP contribution in [0.15, 0.2) is 79.0 Å². The number of fused-ring (bicyclic) bond motifs is 2. The molecule has 0 aliphatic rings. The van der Waals surface area contributed by atoms with E-state index in [-0.39, 0.29) is 11.7 Å². The molecule has 1 atom stereocenters. The lowest BCUT2D eigenvalue weighted by atomic mass is 10.0. The van der Waals surface area contributed by atoms with Crippen molar-refractivity contribution in [2.45, 2.75) is 20.0 Å². The normalized spacial score (nSPS) is 12.2. The number of carboxylic acid groups (broad SMARTS) is 1. The molecule has 0 saturated carbocycles. The molecule has 0 aliphatic carbocycles. The first-order valence-electron chi connectivity index (χ1n) is 10.4. The molecule has 0 fully saturated rings. The molecule has 0 unspecified atom stereocenters. The molecule has 0 radical (unpaired) electrons. The maximum Gasteiger partial charge on any atom is 0.336 e. The monoisotopic (exact) mass is 423 g/mol. The average Bonchev–Trinajstić information content (AvgIpc) is 3.25. The zero-order valence-electron chi connectivity index (χ0n) is 17.7. The first kappa shape index (κ1) is 19.8. The summed E-state index contributed by atoms with van der Waals surface area (Å²) in [6.45, 7) is 3.86. The molecule has 3 heterocycles. The Kier molecular flexibility index (Phi) is 4.82. The number of carbonyl (C=O) groups is 1. The van der Waals surface area contributed by atoms with Crippen LogP contribution < -0.4 is 4.74 Å². The minimum absolute atomic E-state index is 0.140. The summed E-state index contributed by atoms with van der Waals surface area (Å²) in [4.78, 5) is 17.1. The molecular formula is C26H21N3O3. The maximum atomic E-state index is 12.3. The van der Waals surface area contributed by atoms with E-state index in [1.807, 2.05) is 86.8 Å². The number of hydrogen-bond donors (Lipinski definition) is 1. The molecule has 5 rings (SSSR count). The molecule has 6 nitrogen and oxygen atoms in total. The van der Waals surface area contributed by atoms with Crippen molar-refractivity contribution < 1.29 is 14.6 Å². The second-order valence-corrected chi connectivity index (χ2v) is 7.73. The van der Waals surface area contributed by atoms with Crippen LogP contribution in [-0.2, 0) is 0 Å². The van der Waals surface area contributed by atoms with Gasteiger partial charge in [0.2, 0.25) is 0 Å². The number of aryl methyl sites for hydroxylation is 1. The molecule has 3 aromatic heterocycles. The van der Waals surface area contributed by atoms with Crippen molar-refractivity contribution in [3.63, 3.8) is 0 Å². The minimum atomic E-state index is -1.04. The van der Waals surface area contributed by atoms with Crippen LogP contribution in [0.4, 0.5) is 0 Å². The van der Waals surface area contributed by atoms with Crippen LogP contribution in [0.5, 0.6) is 5.75 Å². The van der Waals surface area contributed by atoms with E-state index in [9.17, 15) is 9.90 Å². The number of hydrogen-bond acceptors (Lipinski definition) is 4. The highest BCUT2D eigenvalue weighted by Crippen LogP contribution is 2.35. The van der Waals surface area contributed by atoms with Gasteiger partial charge >= 0.3 is 5.97 Å². The van der Waals surface area contributed by atoms with Crippen LogP contribution in [0.1, 0.15) is 34.5 Å². The fraction of sp³-hybridized carbons (Fsp3) is 0.115. The van der Waals surface area contributed by atoms with Crippen LogP contribution >= 0.6 is 0 Å². The van der Waals surface area contributed by atoms with E-state index >= 15 is 0 Å². The smallest absolute Gasteiger partial charge is 0.336 e. The van der Waals surface area contributed by atoms with E-state index in [1.165, 1.54) is 0 Å². The SMILES string of the molecule is Cc1ccc(O[C@@H](C)c2ccccc2)c2c(C(=O)O)cc(-c3cc4ccccn4n3)nc12. The molecule has 5 aromatic rings. The lowest BCUT2D eigenvalue weighted by Crippen LogP contribution is -2.07. The summed E-state index contributed by atoms with van der Waals surface area (Å²) in [7, 11) is 0. The maximum absolute atomic E-state index is 12.3. The Labute approximate surface area is 184 Å². The van der Waals surface area contributed by atoms with Crippen molar-refractivity contribution in [3.8, 4) is 17.1 Å². The Morgan fingerprint density at radius 2 is 1.78 bits per heavy atom. The quantitative estimate of drug-likeness (QED) is 0.393. The summed E-state index contributed by atoms with van der Waals surface area (Å²) in [5, 5.41) is 15.1. The minimum Gasteiger partial charge on any atom is -0.485 e. The number of ether oxygens (including phenoxy) is 1. The van der Waals surface area contributed by atoms with Gasteiger partial charge in [0.1, 0.15) is 17.5 Å². The largest absolute Gasteiger partial charge is 0.485 e. The van der Waals surface area contributed by atoms with Gasteiger partial charge in [-0.25, -0.2) is 14.3 Å². The van der Waals surface area contributed by atoms with Crippen molar-refractivity contribution in [1.29, 1.82) is 0 Å². The third-order valence-electron chi connectivity index (χ3n) is 5.56. The number of carboxylic acids is 1. The Morgan fingerprint density at radius 1 is 1.00 bits per heavy atom. The molecule has 158 valence electrons. The van der Waals surface area contributed by atoms with Gasteiger partial charge in [-0.3, -0.25) is 0 Å². The third kappa shape index (κ3) is 3.46.